The van der Waals surface area contributed by atoms with E-state index in [1.165, 1.54) is 6.07 Å². The number of anilines is 2. The molecule has 1 saturated carbocycles. The van der Waals surface area contributed by atoms with Crippen LogP contribution in [0, 0.1) is 5.92 Å². The van der Waals surface area contributed by atoms with Crippen LogP contribution in [0.2, 0.25) is 0 Å². The van der Waals surface area contributed by atoms with Gasteiger partial charge in [-0.2, -0.15) is 13.2 Å². The molecule has 180 valence electrons. The summed E-state index contributed by atoms with van der Waals surface area (Å²) in [5.41, 5.74) is 3.99. The molecular formula is C26H27F3N2O2S. The van der Waals surface area contributed by atoms with E-state index in [0.717, 1.165) is 47.4 Å². The minimum atomic E-state index is -4.65. The van der Waals surface area contributed by atoms with Crippen molar-refractivity contribution in [2.45, 2.75) is 50.3 Å². The molecule has 3 aromatic rings. The molecule has 1 aliphatic carbocycles. The molecule has 4 nitrogen and oxygen atoms in total. The number of amides is 1. The first-order valence-corrected chi connectivity index (χ1v) is 12.2. The van der Waals surface area contributed by atoms with Crippen molar-refractivity contribution in [2.75, 3.05) is 11.1 Å². The number of nitrogens with two attached hydrogens (primary N) is 1. The van der Waals surface area contributed by atoms with Crippen LogP contribution in [0.3, 0.4) is 0 Å². The van der Waals surface area contributed by atoms with Crippen LogP contribution in [0.15, 0.2) is 60.0 Å². The van der Waals surface area contributed by atoms with E-state index in [-0.39, 0.29) is 18.0 Å². The van der Waals surface area contributed by atoms with Gasteiger partial charge in [0, 0.05) is 22.7 Å². The van der Waals surface area contributed by atoms with Gasteiger partial charge < -0.3 is 16.2 Å². The average Bonchev–Trinajstić information content (AvgIpc) is 3.35. The number of hydrogen-bond donors (Lipinski definition) is 3. The fraction of sp³-hybridized carbons (Fsp3) is 0.346. The van der Waals surface area contributed by atoms with Gasteiger partial charge in [0.15, 0.2) is 0 Å². The first kappa shape index (κ1) is 24.3. The quantitative estimate of drug-likeness (QED) is 0.346. The predicted octanol–water partition coefficient (Wildman–Crippen LogP) is 6.51. The second kappa shape index (κ2) is 9.80. The SMILES string of the molecule is Nc1ccc(NC(=O)C(O)(Cc2ccccc2-c2cccs2)C2CCCCC2)cc1C(F)(F)F. The lowest BCUT2D eigenvalue weighted by Crippen LogP contribution is -2.51. The number of halogens is 3. The first-order valence-electron chi connectivity index (χ1n) is 11.3. The van der Waals surface area contributed by atoms with Crippen LogP contribution in [-0.2, 0) is 17.4 Å². The average molecular weight is 489 g/mol. The lowest BCUT2D eigenvalue weighted by atomic mass is 9.73. The number of nitrogens with one attached hydrogen (secondary N) is 1. The first-order chi connectivity index (χ1) is 16.2. The zero-order valence-electron chi connectivity index (χ0n) is 18.6. The number of hydrogen-bond acceptors (Lipinski definition) is 4. The van der Waals surface area contributed by atoms with Crippen molar-refractivity contribution in [3.63, 3.8) is 0 Å². The van der Waals surface area contributed by atoms with Crippen molar-refractivity contribution in [2.24, 2.45) is 5.92 Å². The lowest BCUT2D eigenvalue weighted by Gasteiger charge is -2.37. The second-order valence-electron chi connectivity index (χ2n) is 8.82. The van der Waals surface area contributed by atoms with Crippen molar-refractivity contribution in [1.29, 1.82) is 0 Å². The Bertz CT molecular complexity index is 1140. The highest BCUT2D eigenvalue weighted by Gasteiger charge is 2.45. The molecule has 1 atom stereocenters. The van der Waals surface area contributed by atoms with Crippen LogP contribution in [0.25, 0.3) is 10.4 Å². The molecule has 1 amide bonds. The maximum Gasteiger partial charge on any atom is 0.418 e. The zero-order valence-corrected chi connectivity index (χ0v) is 19.4. The van der Waals surface area contributed by atoms with E-state index in [1.807, 2.05) is 41.8 Å². The molecule has 4 N–H and O–H groups in total. The van der Waals surface area contributed by atoms with E-state index in [4.69, 9.17) is 5.73 Å². The number of alkyl halides is 3. The fourth-order valence-electron chi connectivity index (χ4n) is 4.75. The third kappa shape index (κ3) is 5.13. The summed E-state index contributed by atoms with van der Waals surface area (Å²) in [6.45, 7) is 0. The van der Waals surface area contributed by atoms with Gasteiger partial charge in [-0.05, 0) is 59.5 Å². The van der Waals surface area contributed by atoms with Crippen molar-refractivity contribution in [3.8, 4) is 10.4 Å². The van der Waals surface area contributed by atoms with Crippen molar-refractivity contribution < 1.29 is 23.1 Å². The molecule has 1 aliphatic rings. The maximum atomic E-state index is 13.5. The molecule has 8 heteroatoms. The molecule has 0 aliphatic heterocycles. The third-order valence-electron chi connectivity index (χ3n) is 6.55. The number of carbonyl (C=O) groups is 1. The number of benzene rings is 2. The predicted molar refractivity (Wildman–Crippen MR) is 129 cm³/mol. The van der Waals surface area contributed by atoms with E-state index in [2.05, 4.69) is 5.32 Å². The number of carbonyl (C=O) groups excluding carboxylic acids is 1. The van der Waals surface area contributed by atoms with Gasteiger partial charge in [-0.1, -0.05) is 49.6 Å². The second-order valence-corrected chi connectivity index (χ2v) is 9.77. The van der Waals surface area contributed by atoms with E-state index in [0.29, 0.717) is 12.8 Å². The van der Waals surface area contributed by atoms with Gasteiger partial charge in [0.05, 0.1) is 5.56 Å². The Balaban J connectivity index is 1.68. The highest BCUT2D eigenvalue weighted by Crippen LogP contribution is 2.39. The Morgan fingerprint density at radius 1 is 1.06 bits per heavy atom. The standard InChI is InChI=1S/C26H27F3N2O2S/c27-26(28,29)21-15-19(12-13-22(21)30)31-24(32)25(33,18-8-2-1-3-9-18)16-17-7-4-5-10-20(17)23-11-6-14-34-23/h4-7,10-15,18,33H,1-3,8-9,16,30H2,(H,31,32). The molecule has 2 aromatic carbocycles. The number of nitrogen functional groups attached to an aromatic ring is 1. The zero-order chi connectivity index (χ0) is 24.3. The third-order valence-corrected chi connectivity index (χ3v) is 7.46. The van der Waals surface area contributed by atoms with Crippen molar-refractivity contribution in [3.05, 3.63) is 71.1 Å². The van der Waals surface area contributed by atoms with E-state index in [1.54, 1.807) is 11.3 Å². The molecule has 1 fully saturated rings. The summed E-state index contributed by atoms with van der Waals surface area (Å²) < 4.78 is 39.9. The summed E-state index contributed by atoms with van der Waals surface area (Å²) in [6, 6.07) is 14.8. The molecule has 0 saturated heterocycles. The van der Waals surface area contributed by atoms with Gasteiger partial charge in [0.25, 0.3) is 5.91 Å². The molecule has 1 aromatic heterocycles. The van der Waals surface area contributed by atoms with Crippen LogP contribution in [0.4, 0.5) is 24.5 Å². The van der Waals surface area contributed by atoms with Crippen LogP contribution in [0.5, 0.6) is 0 Å². The normalized spacial score (nSPS) is 16.7. The van der Waals surface area contributed by atoms with E-state index < -0.39 is 28.9 Å². The topological polar surface area (TPSA) is 75.3 Å². The summed E-state index contributed by atoms with van der Waals surface area (Å²) >= 11 is 1.57. The number of thiophene rings is 1. The highest BCUT2D eigenvalue weighted by molar-refractivity contribution is 7.13. The Morgan fingerprint density at radius 2 is 1.79 bits per heavy atom. The largest absolute Gasteiger partial charge is 0.418 e. The lowest BCUT2D eigenvalue weighted by molar-refractivity contribution is -0.141. The molecule has 1 heterocycles. The molecular weight excluding hydrogens is 461 g/mol. The van der Waals surface area contributed by atoms with Crippen LogP contribution in [0.1, 0.15) is 43.2 Å². The van der Waals surface area contributed by atoms with Gasteiger partial charge >= 0.3 is 6.18 Å². The van der Waals surface area contributed by atoms with Crippen LogP contribution < -0.4 is 11.1 Å². The highest BCUT2D eigenvalue weighted by atomic mass is 32.1. The van der Waals surface area contributed by atoms with Gasteiger partial charge in [-0.25, -0.2) is 0 Å². The van der Waals surface area contributed by atoms with Gasteiger partial charge in [0.1, 0.15) is 5.60 Å². The summed E-state index contributed by atoms with van der Waals surface area (Å²) in [6.07, 6.45) is -0.392. The van der Waals surface area contributed by atoms with Gasteiger partial charge in [0.2, 0.25) is 0 Å². The minimum Gasteiger partial charge on any atom is -0.398 e. The molecule has 0 bridgehead atoms. The van der Waals surface area contributed by atoms with Crippen molar-refractivity contribution >= 4 is 28.6 Å². The molecule has 34 heavy (non-hydrogen) atoms. The monoisotopic (exact) mass is 488 g/mol. The molecule has 0 spiro atoms. The Labute approximate surface area is 200 Å². The minimum absolute atomic E-state index is 0.0488. The number of aliphatic hydroxyl groups is 1. The summed E-state index contributed by atoms with van der Waals surface area (Å²) in [5.74, 6) is -0.994. The smallest absolute Gasteiger partial charge is 0.398 e. The van der Waals surface area contributed by atoms with Crippen LogP contribution in [-0.4, -0.2) is 16.6 Å². The van der Waals surface area contributed by atoms with Crippen LogP contribution >= 0.6 is 11.3 Å². The maximum absolute atomic E-state index is 13.5. The Hall–Kier alpha value is -2.84. The van der Waals surface area contributed by atoms with Crippen molar-refractivity contribution in [1.82, 2.24) is 0 Å². The molecule has 1 unspecified atom stereocenters. The summed E-state index contributed by atoms with van der Waals surface area (Å²) in [4.78, 5) is 14.5. The summed E-state index contributed by atoms with van der Waals surface area (Å²) in [5, 5.41) is 16.4. The Morgan fingerprint density at radius 3 is 2.47 bits per heavy atom. The summed E-state index contributed by atoms with van der Waals surface area (Å²) in [7, 11) is 0. The van der Waals surface area contributed by atoms with E-state index in [9.17, 15) is 23.1 Å². The van der Waals surface area contributed by atoms with Gasteiger partial charge in [-0.15, -0.1) is 11.3 Å². The van der Waals surface area contributed by atoms with Gasteiger partial charge in [-0.3, -0.25) is 4.79 Å². The number of rotatable bonds is 6. The van der Waals surface area contributed by atoms with E-state index >= 15 is 0 Å². The Kier molecular flexibility index (Phi) is 7.00. The fourth-order valence-corrected chi connectivity index (χ4v) is 5.53. The molecule has 4 rings (SSSR count). The molecule has 0 radical (unpaired) electrons.